The van der Waals surface area contributed by atoms with Crippen LogP contribution in [-0.2, 0) is 13.0 Å². The molecule has 0 spiro atoms. The minimum absolute atomic E-state index is 0.0355. The Bertz CT molecular complexity index is 805. The molecule has 0 atom stereocenters. The maximum Gasteiger partial charge on any atom is 0.256 e. The summed E-state index contributed by atoms with van der Waals surface area (Å²) in [6.45, 7) is 1.95. The number of pyridine rings is 1. The summed E-state index contributed by atoms with van der Waals surface area (Å²) in [5.41, 5.74) is 2.89. The van der Waals surface area contributed by atoms with Crippen LogP contribution in [-0.4, -0.2) is 23.6 Å². The maximum absolute atomic E-state index is 13.1. The van der Waals surface area contributed by atoms with E-state index < -0.39 is 0 Å². The van der Waals surface area contributed by atoms with E-state index in [2.05, 4.69) is 11.4 Å². The summed E-state index contributed by atoms with van der Waals surface area (Å²) in [6.07, 6.45) is 14.3. The summed E-state index contributed by atoms with van der Waals surface area (Å²) in [5, 5.41) is 3.10. The summed E-state index contributed by atoms with van der Waals surface area (Å²) in [6, 6.07) is 1.54. The molecule has 1 aliphatic heterocycles. The Hall–Kier alpha value is -2.04. The fraction of sp³-hybridized carbons (Fsp3) is 0.652. The second kappa shape index (κ2) is 8.97. The SMILES string of the molecule is O=C(NCCC1=CCCCC1)c1c(OCC2CC2)cc(=O)n2c1CCCCC2. The number of fused-ring (bicyclic) bond motifs is 1. The van der Waals surface area contributed by atoms with Gasteiger partial charge in [-0.1, -0.05) is 18.1 Å². The van der Waals surface area contributed by atoms with Crippen molar-refractivity contribution in [3.63, 3.8) is 0 Å². The molecule has 28 heavy (non-hydrogen) atoms. The molecule has 0 radical (unpaired) electrons. The van der Waals surface area contributed by atoms with E-state index in [0.29, 0.717) is 36.9 Å². The number of nitrogens with one attached hydrogen (secondary N) is 1. The molecule has 2 heterocycles. The van der Waals surface area contributed by atoms with Crippen LogP contribution in [0.4, 0.5) is 0 Å². The highest BCUT2D eigenvalue weighted by Gasteiger charge is 2.26. The smallest absolute Gasteiger partial charge is 0.256 e. The van der Waals surface area contributed by atoms with Crippen molar-refractivity contribution in [2.24, 2.45) is 5.92 Å². The van der Waals surface area contributed by atoms with Crippen LogP contribution in [0.5, 0.6) is 5.75 Å². The van der Waals surface area contributed by atoms with Crippen molar-refractivity contribution < 1.29 is 9.53 Å². The van der Waals surface area contributed by atoms with Gasteiger partial charge in [0.2, 0.25) is 0 Å². The molecular weight excluding hydrogens is 352 g/mol. The number of rotatable bonds is 7. The third-order valence-corrected chi connectivity index (χ3v) is 6.19. The van der Waals surface area contributed by atoms with E-state index in [-0.39, 0.29) is 11.5 Å². The molecule has 0 saturated heterocycles. The number of amides is 1. The summed E-state index contributed by atoms with van der Waals surface area (Å²) in [7, 11) is 0. The lowest BCUT2D eigenvalue weighted by Crippen LogP contribution is -2.32. The van der Waals surface area contributed by atoms with E-state index in [4.69, 9.17) is 4.74 Å². The molecule has 1 amide bonds. The van der Waals surface area contributed by atoms with Crippen LogP contribution in [0.1, 0.15) is 80.3 Å². The van der Waals surface area contributed by atoms with Gasteiger partial charge in [0.05, 0.1) is 6.61 Å². The van der Waals surface area contributed by atoms with Crippen molar-refractivity contribution in [3.8, 4) is 5.75 Å². The van der Waals surface area contributed by atoms with Gasteiger partial charge in [-0.25, -0.2) is 0 Å². The summed E-state index contributed by atoms with van der Waals surface area (Å²) >= 11 is 0. The van der Waals surface area contributed by atoms with Gasteiger partial charge in [0.1, 0.15) is 11.3 Å². The molecule has 152 valence electrons. The van der Waals surface area contributed by atoms with Crippen molar-refractivity contribution in [1.29, 1.82) is 0 Å². The van der Waals surface area contributed by atoms with Crippen molar-refractivity contribution in [3.05, 3.63) is 39.3 Å². The normalized spacial score (nSPS) is 19.4. The van der Waals surface area contributed by atoms with Gasteiger partial charge in [-0.15, -0.1) is 0 Å². The van der Waals surface area contributed by atoms with Gasteiger partial charge in [-0.05, 0) is 70.1 Å². The predicted octanol–water partition coefficient (Wildman–Crippen LogP) is 3.98. The Kier molecular flexibility index (Phi) is 6.18. The van der Waals surface area contributed by atoms with Crippen LogP contribution >= 0.6 is 0 Å². The van der Waals surface area contributed by atoms with E-state index in [0.717, 1.165) is 50.6 Å². The maximum atomic E-state index is 13.1. The molecule has 4 rings (SSSR count). The average molecular weight is 385 g/mol. The highest BCUT2D eigenvalue weighted by atomic mass is 16.5. The average Bonchev–Trinajstić information content (AvgIpc) is 3.54. The number of allylic oxidation sites excluding steroid dienone is 1. The topological polar surface area (TPSA) is 60.3 Å². The summed E-state index contributed by atoms with van der Waals surface area (Å²) in [4.78, 5) is 25.8. The first-order valence-corrected chi connectivity index (χ1v) is 11.1. The molecule has 5 heteroatoms. The first kappa shape index (κ1) is 19.3. The quantitative estimate of drug-likeness (QED) is 0.723. The first-order valence-electron chi connectivity index (χ1n) is 11.1. The molecule has 2 aliphatic carbocycles. The second-order valence-corrected chi connectivity index (χ2v) is 8.50. The van der Waals surface area contributed by atoms with E-state index in [1.54, 1.807) is 4.57 Å². The van der Waals surface area contributed by atoms with Crippen molar-refractivity contribution in [2.45, 2.75) is 77.2 Å². The molecule has 1 saturated carbocycles. The summed E-state index contributed by atoms with van der Waals surface area (Å²) < 4.78 is 7.78. The van der Waals surface area contributed by atoms with Crippen LogP contribution in [0.2, 0.25) is 0 Å². The third kappa shape index (κ3) is 4.68. The first-order chi connectivity index (χ1) is 13.7. The number of hydrogen-bond acceptors (Lipinski definition) is 3. The van der Waals surface area contributed by atoms with E-state index in [1.807, 2.05) is 0 Å². The largest absolute Gasteiger partial charge is 0.492 e. The van der Waals surface area contributed by atoms with E-state index in [1.165, 1.54) is 37.3 Å². The van der Waals surface area contributed by atoms with Crippen LogP contribution in [0.25, 0.3) is 0 Å². The van der Waals surface area contributed by atoms with Gasteiger partial charge >= 0.3 is 0 Å². The minimum Gasteiger partial charge on any atom is -0.492 e. The molecule has 1 N–H and O–H groups in total. The zero-order chi connectivity index (χ0) is 19.3. The van der Waals surface area contributed by atoms with Gasteiger partial charge in [0.25, 0.3) is 11.5 Å². The standard InChI is InChI=1S/C23H32N2O3/c26-21-15-20(28-16-18-10-11-18)22(19-9-5-2-6-14-25(19)21)23(27)24-13-12-17-7-3-1-4-8-17/h7,15,18H,1-6,8-14,16H2,(H,24,27). The van der Waals surface area contributed by atoms with Crippen molar-refractivity contribution in [1.82, 2.24) is 9.88 Å². The Morgan fingerprint density at radius 1 is 1.14 bits per heavy atom. The minimum atomic E-state index is -0.0899. The molecule has 1 aromatic heterocycles. The molecule has 1 aromatic rings. The lowest BCUT2D eigenvalue weighted by molar-refractivity contribution is 0.0947. The van der Waals surface area contributed by atoms with Crippen LogP contribution in [0.15, 0.2) is 22.5 Å². The number of aromatic nitrogens is 1. The molecule has 0 unspecified atom stereocenters. The highest BCUT2D eigenvalue weighted by molar-refractivity contribution is 5.98. The van der Waals surface area contributed by atoms with Gasteiger partial charge in [-0.3, -0.25) is 9.59 Å². The van der Waals surface area contributed by atoms with Crippen molar-refractivity contribution >= 4 is 5.91 Å². The van der Waals surface area contributed by atoms with Gasteiger partial charge < -0.3 is 14.6 Å². The van der Waals surface area contributed by atoms with E-state index in [9.17, 15) is 9.59 Å². The van der Waals surface area contributed by atoms with Crippen LogP contribution in [0.3, 0.4) is 0 Å². The fourth-order valence-corrected chi connectivity index (χ4v) is 4.32. The Morgan fingerprint density at radius 3 is 2.79 bits per heavy atom. The monoisotopic (exact) mass is 384 g/mol. The van der Waals surface area contributed by atoms with Gasteiger partial charge in [0.15, 0.2) is 0 Å². The number of carbonyl (C=O) groups excluding carboxylic acids is 1. The Morgan fingerprint density at radius 2 is 2.00 bits per heavy atom. The molecule has 3 aliphatic rings. The second-order valence-electron chi connectivity index (χ2n) is 8.50. The Balaban J connectivity index is 1.54. The zero-order valence-corrected chi connectivity index (χ0v) is 16.8. The van der Waals surface area contributed by atoms with Gasteiger partial charge in [-0.2, -0.15) is 0 Å². The number of ether oxygens (including phenoxy) is 1. The zero-order valence-electron chi connectivity index (χ0n) is 16.8. The molecule has 5 nitrogen and oxygen atoms in total. The molecular formula is C23H32N2O3. The summed E-state index contributed by atoms with van der Waals surface area (Å²) in [5.74, 6) is 0.975. The predicted molar refractivity (Wildman–Crippen MR) is 110 cm³/mol. The lowest BCUT2D eigenvalue weighted by atomic mass is 9.97. The highest BCUT2D eigenvalue weighted by Crippen LogP contribution is 2.31. The van der Waals surface area contributed by atoms with Crippen molar-refractivity contribution in [2.75, 3.05) is 13.2 Å². The lowest BCUT2D eigenvalue weighted by Gasteiger charge is -2.19. The van der Waals surface area contributed by atoms with Crippen LogP contribution < -0.4 is 15.6 Å². The number of carbonyl (C=O) groups is 1. The van der Waals surface area contributed by atoms with Gasteiger partial charge in [0, 0.05) is 24.8 Å². The Labute approximate surface area is 167 Å². The molecule has 0 aromatic carbocycles. The molecule has 1 fully saturated rings. The molecule has 0 bridgehead atoms. The van der Waals surface area contributed by atoms with Crippen LogP contribution in [0, 0.1) is 5.92 Å². The third-order valence-electron chi connectivity index (χ3n) is 6.19. The fourth-order valence-electron chi connectivity index (χ4n) is 4.32. The number of hydrogen-bond donors (Lipinski definition) is 1. The number of nitrogens with zero attached hydrogens (tertiary/aromatic N) is 1. The van der Waals surface area contributed by atoms with E-state index >= 15 is 0 Å².